The first-order chi connectivity index (χ1) is 5.33. The van der Waals surface area contributed by atoms with Crippen molar-refractivity contribution in [2.75, 3.05) is 0 Å². The van der Waals surface area contributed by atoms with E-state index in [1.54, 1.807) is 12.3 Å². The minimum absolute atomic E-state index is 0.963. The van der Waals surface area contributed by atoms with Crippen molar-refractivity contribution in [3.63, 3.8) is 0 Å². The Kier molecular flexibility index (Phi) is 2.40. The lowest BCUT2D eigenvalue weighted by molar-refractivity contribution is 1.20. The molecule has 1 rings (SSSR count). The molecule has 0 spiro atoms. The fraction of sp³-hybridized carbons (Fsp3) is 0.111. The van der Waals surface area contributed by atoms with Crippen molar-refractivity contribution in [3.05, 3.63) is 35.7 Å². The number of nitriles is 1. The van der Waals surface area contributed by atoms with Crippen LogP contribution in [0, 0.1) is 18.3 Å². The molecule has 0 aliphatic heterocycles. The van der Waals surface area contributed by atoms with Crippen molar-refractivity contribution in [3.8, 4) is 6.07 Å². The Morgan fingerprint density at radius 2 is 2.45 bits per heavy atom. The van der Waals surface area contributed by atoms with E-state index in [1.807, 2.05) is 25.1 Å². The van der Waals surface area contributed by atoms with Gasteiger partial charge < -0.3 is 0 Å². The molecule has 0 aliphatic carbocycles. The van der Waals surface area contributed by atoms with E-state index in [9.17, 15) is 0 Å². The zero-order valence-electron chi connectivity index (χ0n) is 6.28. The van der Waals surface area contributed by atoms with Crippen LogP contribution in [0.4, 0.5) is 0 Å². The molecular weight excluding hydrogens is 136 g/mol. The molecule has 0 aromatic carbocycles. The number of pyridine rings is 1. The van der Waals surface area contributed by atoms with Crippen LogP contribution in [0.2, 0.25) is 0 Å². The number of aryl methyl sites for hydroxylation is 1. The Balaban J connectivity index is 2.90. The van der Waals surface area contributed by atoms with E-state index in [0.29, 0.717) is 0 Å². The Bertz CT molecular complexity index is 308. The predicted molar refractivity (Wildman–Crippen MR) is 43.6 cm³/mol. The van der Waals surface area contributed by atoms with Gasteiger partial charge in [0.05, 0.1) is 6.07 Å². The third-order valence-electron chi connectivity index (χ3n) is 1.27. The van der Waals surface area contributed by atoms with Crippen molar-refractivity contribution in [1.29, 1.82) is 5.26 Å². The van der Waals surface area contributed by atoms with Gasteiger partial charge in [-0.05, 0) is 30.7 Å². The van der Waals surface area contributed by atoms with Gasteiger partial charge in [-0.25, -0.2) is 0 Å². The zero-order valence-corrected chi connectivity index (χ0v) is 6.28. The Morgan fingerprint density at radius 3 is 3.09 bits per heavy atom. The molecule has 0 N–H and O–H groups in total. The normalized spacial score (nSPS) is 9.82. The summed E-state index contributed by atoms with van der Waals surface area (Å²) in [4.78, 5) is 4.03. The Hall–Kier alpha value is -1.62. The summed E-state index contributed by atoms with van der Waals surface area (Å²) < 4.78 is 0. The summed E-state index contributed by atoms with van der Waals surface area (Å²) in [6.45, 7) is 1.92. The van der Waals surface area contributed by atoms with Crippen LogP contribution in [0.1, 0.15) is 11.3 Å². The Morgan fingerprint density at radius 1 is 1.64 bits per heavy atom. The van der Waals surface area contributed by atoms with Crippen molar-refractivity contribution < 1.29 is 0 Å². The summed E-state index contributed by atoms with van der Waals surface area (Å²) in [6, 6.07) is 5.72. The van der Waals surface area contributed by atoms with Crippen molar-refractivity contribution >= 4 is 6.08 Å². The minimum Gasteiger partial charge on any atom is -0.262 e. The van der Waals surface area contributed by atoms with E-state index in [4.69, 9.17) is 5.26 Å². The maximum absolute atomic E-state index is 8.24. The van der Waals surface area contributed by atoms with Gasteiger partial charge >= 0.3 is 0 Å². The molecule has 0 radical (unpaired) electrons. The fourth-order valence-corrected chi connectivity index (χ4v) is 0.805. The van der Waals surface area contributed by atoms with Gasteiger partial charge in [-0.15, -0.1) is 0 Å². The molecule has 0 aliphatic rings. The smallest absolute Gasteiger partial charge is 0.0912 e. The van der Waals surface area contributed by atoms with Gasteiger partial charge in [0.15, 0.2) is 0 Å². The molecule has 2 heteroatoms. The molecule has 54 valence electrons. The molecule has 0 bridgehead atoms. The van der Waals surface area contributed by atoms with E-state index in [1.165, 1.54) is 6.08 Å². The van der Waals surface area contributed by atoms with Crippen LogP contribution in [-0.4, -0.2) is 4.98 Å². The van der Waals surface area contributed by atoms with Gasteiger partial charge in [0.25, 0.3) is 0 Å². The summed E-state index contributed by atoms with van der Waals surface area (Å²) in [6.07, 6.45) is 4.94. The van der Waals surface area contributed by atoms with Gasteiger partial charge in [0.1, 0.15) is 0 Å². The standard InChI is InChI=1S/C9H8N2/c1-8-7-9(3-2-5-10)4-6-11-8/h2-4,6-7H,1H3. The van der Waals surface area contributed by atoms with Crippen LogP contribution < -0.4 is 0 Å². The highest BCUT2D eigenvalue weighted by atomic mass is 14.6. The molecule has 1 aromatic heterocycles. The molecule has 1 aromatic rings. The summed E-state index contributed by atoms with van der Waals surface area (Å²) in [7, 11) is 0. The van der Waals surface area contributed by atoms with E-state index >= 15 is 0 Å². The highest BCUT2D eigenvalue weighted by molar-refractivity contribution is 5.51. The second kappa shape index (κ2) is 3.52. The number of aromatic nitrogens is 1. The average molecular weight is 144 g/mol. The molecule has 0 saturated heterocycles. The third kappa shape index (κ3) is 2.23. The molecule has 1 heterocycles. The first kappa shape index (κ1) is 7.49. The quantitative estimate of drug-likeness (QED) is 0.564. The largest absolute Gasteiger partial charge is 0.262 e. The summed E-state index contributed by atoms with van der Waals surface area (Å²) >= 11 is 0. The van der Waals surface area contributed by atoms with E-state index in [-0.39, 0.29) is 0 Å². The first-order valence-electron chi connectivity index (χ1n) is 3.32. The first-order valence-corrected chi connectivity index (χ1v) is 3.32. The SMILES string of the molecule is Cc1cc(C=CC#N)ccn1. The van der Waals surface area contributed by atoms with E-state index in [0.717, 1.165) is 11.3 Å². The fourth-order valence-electron chi connectivity index (χ4n) is 0.805. The van der Waals surface area contributed by atoms with E-state index < -0.39 is 0 Å². The van der Waals surface area contributed by atoms with Crippen LogP contribution >= 0.6 is 0 Å². The lowest BCUT2D eigenvalue weighted by Gasteiger charge is -1.92. The molecule has 0 amide bonds. The Labute approximate surface area is 65.8 Å². The number of hydrogen-bond acceptors (Lipinski definition) is 2. The predicted octanol–water partition coefficient (Wildman–Crippen LogP) is 1.93. The van der Waals surface area contributed by atoms with Crippen LogP contribution in [0.15, 0.2) is 24.4 Å². The van der Waals surface area contributed by atoms with Gasteiger partial charge in [-0.2, -0.15) is 5.26 Å². The maximum Gasteiger partial charge on any atom is 0.0912 e. The maximum atomic E-state index is 8.24. The monoisotopic (exact) mass is 144 g/mol. The lowest BCUT2D eigenvalue weighted by Crippen LogP contribution is -1.79. The summed E-state index contributed by atoms with van der Waals surface area (Å²) in [5.74, 6) is 0. The molecule has 0 fully saturated rings. The molecule has 0 atom stereocenters. The number of rotatable bonds is 1. The van der Waals surface area contributed by atoms with Crippen LogP contribution in [0.5, 0.6) is 0 Å². The van der Waals surface area contributed by atoms with Crippen molar-refractivity contribution in [2.45, 2.75) is 6.92 Å². The van der Waals surface area contributed by atoms with Crippen LogP contribution in [0.25, 0.3) is 6.08 Å². The second-order valence-corrected chi connectivity index (χ2v) is 2.19. The zero-order chi connectivity index (χ0) is 8.10. The molecule has 0 saturated carbocycles. The van der Waals surface area contributed by atoms with Gasteiger partial charge in [0.2, 0.25) is 0 Å². The summed E-state index contributed by atoms with van der Waals surface area (Å²) in [5, 5.41) is 8.24. The number of allylic oxidation sites excluding steroid dienone is 1. The molecule has 0 unspecified atom stereocenters. The van der Waals surface area contributed by atoms with Crippen LogP contribution in [0.3, 0.4) is 0 Å². The molecule has 2 nitrogen and oxygen atoms in total. The van der Waals surface area contributed by atoms with Crippen molar-refractivity contribution in [2.24, 2.45) is 0 Å². The number of hydrogen-bond donors (Lipinski definition) is 0. The lowest BCUT2D eigenvalue weighted by atomic mass is 10.2. The minimum atomic E-state index is 0.963. The van der Waals surface area contributed by atoms with Gasteiger partial charge in [-0.1, -0.05) is 0 Å². The van der Waals surface area contributed by atoms with Gasteiger partial charge in [-0.3, -0.25) is 4.98 Å². The van der Waals surface area contributed by atoms with Crippen molar-refractivity contribution in [1.82, 2.24) is 4.98 Å². The summed E-state index contributed by atoms with van der Waals surface area (Å²) in [5.41, 5.74) is 1.98. The molecular formula is C9H8N2. The number of nitrogens with zero attached hydrogens (tertiary/aromatic N) is 2. The second-order valence-electron chi connectivity index (χ2n) is 2.19. The average Bonchev–Trinajstić information content (AvgIpc) is 2.01. The third-order valence-corrected chi connectivity index (χ3v) is 1.27. The van der Waals surface area contributed by atoms with E-state index in [2.05, 4.69) is 4.98 Å². The molecule has 11 heavy (non-hydrogen) atoms. The van der Waals surface area contributed by atoms with Crippen LogP contribution in [-0.2, 0) is 0 Å². The highest BCUT2D eigenvalue weighted by Gasteiger charge is 1.86. The topological polar surface area (TPSA) is 36.7 Å². The highest BCUT2D eigenvalue weighted by Crippen LogP contribution is 2.01. The van der Waals surface area contributed by atoms with Gasteiger partial charge in [0, 0.05) is 18.0 Å².